The number of aryl methyl sites for hydroxylation is 1. The van der Waals surface area contributed by atoms with E-state index in [1.54, 1.807) is 19.1 Å². The van der Waals surface area contributed by atoms with E-state index in [0.29, 0.717) is 23.1 Å². The zero-order valence-corrected chi connectivity index (χ0v) is 23.0. The topological polar surface area (TPSA) is 145 Å². The third kappa shape index (κ3) is 5.71. The van der Waals surface area contributed by atoms with Crippen molar-refractivity contribution in [1.82, 2.24) is 9.69 Å². The van der Waals surface area contributed by atoms with Gasteiger partial charge in [0.1, 0.15) is 16.4 Å². The van der Waals surface area contributed by atoms with Crippen molar-refractivity contribution in [2.24, 2.45) is 5.73 Å². The number of nitrogens with two attached hydrogens (primary N) is 2. The number of rotatable bonds is 8. The lowest BCUT2D eigenvalue weighted by Crippen LogP contribution is -2.46. The maximum atomic E-state index is 14.2. The molecule has 0 aliphatic heterocycles. The minimum Gasteiger partial charge on any atom is -0.464 e. The molecule has 2 aliphatic carbocycles. The molecule has 206 valence electrons. The van der Waals surface area contributed by atoms with Crippen molar-refractivity contribution in [2.45, 2.75) is 82.7 Å². The van der Waals surface area contributed by atoms with Gasteiger partial charge in [-0.05, 0) is 79.9 Å². The van der Waals surface area contributed by atoms with E-state index in [1.165, 1.54) is 29.7 Å². The number of benzene rings is 1. The summed E-state index contributed by atoms with van der Waals surface area (Å²) in [6, 6.07) is 10.3. The largest absolute Gasteiger partial charge is 0.464 e. The smallest absolute Gasteiger partial charge is 0.273 e. The monoisotopic (exact) mass is 549 g/mol. The number of carbonyl (C=O) groups is 3. The number of carbonyl (C=O) groups excluding carboxylic acids is 3. The molecular weight excluding hydrogens is 514 g/mol. The number of furan rings is 1. The van der Waals surface area contributed by atoms with Gasteiger partial charge in [0, 0.05) is 11.7 Å². The van der Waals surface area contributed by atoms with Crippen LogP contribution in [0.5, 0.6) is 0 Å². The first-order chi connectivity index (χ1) is 18.8. The number of hydrogen-bond acceptors (Lipinski definition) is 7. The Balaban J connectivity index is 1.58. The van der Waals surface area contributed by atoms with Crippen LogP contribution in [-0.4, -0.2) is 28.1 Å². The molecule has 2 aromatic heterocycles. The first-order valence-electron chi connectivity index (χ1n) is 13.7. The van der Waals surface area contributed by atoms with Gasteiger partial charge in [0.2, 0.25) is 0 Å². The van der Waals surface area contributed by atoms with Crippen LogP contribution >= 0.6 is 11.5 Å². The molecule has 0 radical (unpaired) electrons. The molecule has 1 unspecified atom stereocenters. The normalized spacial score (nSPS) is 17.2. The van der Waals surface area contributed by atoms with Gasteiger partial charge in [-0.3, -0.25) is 19.3 Å². The minimum atomic E-state index is -1.09. The highest BCUT2D eigenvalue weighted by atomic mass is 32.1. The average molecular weight is 550 g/mol. The summed E-state index contributed by atoms with van der Waals surface area (Å²) in [5.74, 6) is -0.254. The first kappa shape index (κ1) is 26.9. The predicted octanol–water partition coefficient (Wildman–Crippen LogP) is 5.22. The fraction of sp³-hybridized carbons (Fsp3) is 0.448. The molecule has 1 atom stereocenters. The Kier molecular flexibility index (Phi) is 8.02. The zero-order chi connectivity index (χ0) is 27.5. The maximum absolute atomic E-state index is 14.2. The molecule has 3 aromatic rings. The molecule has 1 aromatic carbocycles. The molecule has 3 amide bonds. The van der Waals surface area contributed by atoms with Gasteiger partial charge in [0.15, 0.2) is 11.7 Å². The highest BCUT2D eigenvalue weighted by Gasteiger charge is 2.39. The Labute approximate surface area is 232 Å². The van der Waals surface area contributed by atoms with Gasteiger partial charge < -0.3 is 21.2 Å². The van der Waals surface area contributed by atoms with Crippen LogP contribution in [0.1, 0.15) is 107 Å². The second kappa shape index (κ2) is 11.6. The van der Waals surface area contributed by atoms with Crippen molar-refractivity contribution < 1.29 is 18.8 Å². The Bertz CT molecular complexity index is 1340. The fourth-order valence-corrected chi connectivity index (χ4v) is 6.53. The first-order valence-corrected chi connectivity index (χ1v) is 14.5. The van der Waals surface area contributed by atoms with E-state index in [2.05, 4.69) is 9.69 Å². The molecule has 2 saturated carbocycles. The van der Waals surface area contributed by atoms with Gasteiger partial charge in [0.25, 0.3) is 17.7 Å². The lowest BCUT2D eigenvalue weighted by Gasteiger charge is -2.31. The van der Waals surface area contributed by atoms with Gasteiger partial charge in [-0.25, -0.2) is 0 Å². The summed E-state index contributed by atoms with van der Waals surface area (Å²) in [6.45, 7) is 1.79. The lowest BCUT2D eigenvalue weighted by atomic mass is 9.84. The van der Waals surface area contributed by atoms with Crippen molar-refractivity contribution in [3.63, 3.8) is 0 Å². The summed E-state index contributed by atoms with van der Waals surface area (Å²) in [5, 5.41) is 3.13. The molecule has 9 nitrogen and oxygen atoms in total. The van der Waals surface area contributed by atoms with E-state index < -0.39 is 17.9 Å². The number of hydrogen-bond donors (Lipinski definition) is 3. The molecule has 0 spiro atoms. The molecule has 0 bridgehead atoms. The number of primary amides is 1. The van der Waals surface area contributed by atoms with E-state index in [-0.39, 0.29) is 28.2 Å². The van der Waals surface area contributed by atoms with E-state index in [1.807, 2.05) is 24.3 Å². The molecule has 2 fully saturated rings. The lowest BCUT2D eigenvalue weighted by molar-refractivity contribution is -0.123. The van der Waals surface area contributed by atoms with E-state index in [0.717, 1.165) is 50.1 Å². The van der Waals surface area contributed by atoms with Crippen molar-refractivity contribution in [3.8, 4) is 0 Å². The summed E-state index contributed by atoms with van der Waals surface area (Å²) < 4.78 is 9.96. The second-order valence-corrected chi connectivity index (χ2v) is 11.4. The number of anilines is 2. The molecule has 2 heterocycles. The predicted molar refractivity (Wildman–Crippen MR) is 151 cm³/mol. The number of nitrogen functional groups attached to an aromatic ring is 1. The third-order valence-electron chi connectivity index (χ3n) is 7.86. The SMILES string of the molecule is Cc1ccc(C(C(=O)NC2CCCC2)N(C(=O)c2snc(C(N)=O)c2N)c2ccc(C3CCCCC3)cc2)o1. The average Bonchev–Trinajstić information content (AvgIpc) is 3.69. The molecule has 0 saturated heterocycles. The van der Waals surface area contributed by atoms with Gasteiger partial charge in [-0.2, -0.15) is 4.37 Å². The van der Waals surface area contributed by atoms with Crippen LogP contribution in [0.25, 0.3) is 0 Å². The number of nitrogens with one attached hydrogen (secondary N) is 1. The highest BCUT2D eigenvalue weighted by Crippen LogP contribution is 2.37. The fourth-order valence-electron chi connectivity index (χ4n) is 5.79. The summed E-state index contributed by atoms with van der Waals surface area (Å²) in [4.78, 5) is 41.4. The van der Waals surface area contributed by atoms with Crippen molar-refractivity contribution >= 4 is 40.6 Å². The Morgan fingerprint density at radius 3 is 2.26 bits per heavy atom. The zero-order valence-electron chi connectivity index (χ0n) is 22.2. The Morgan fingerprint density at radius 1 is 1.00 bits per heavy atom. The molecule has 5 rings (SSSR count). The van der Waals surface area contributed by atoms with E-state index >= 15 is 0 Å². The van der Waals surface area contributed by atoms with Crippen LogP contribution in [-0.2, 0) is 4.79 Å². The van der Waals surface area contributed by atoms with Crippen LogP contribution in [0.4, 0.5) is 11.4 Å². The highest BCUT2D eigenvalue weighted by molar-refractivity contribution is 7.09. The summed E-state index contributed by atoms with van der Waals surface area (Å²) >= 11 is 0.795. The third-order valence-corrected chi connectivity index (χ3v) is 8.71. The van der Waals surface area contributed by atoms with Crippen molar-refractivity contribution in [3.05, 3.63) is 64.1 Å². The quantitative estimate of drug-likeness (QED) is 0.351. The van der Waals surface area contributed by atoms with Crippen LogP contribution < -0.4 is 21.7 Å². The van der Waals surface area contributed by atoms with Crippen LogP contribution in [0, 0.1) is 6.92 Å². The van der Waals surface area contributed by atoms with E-state index in [9.17, 15) is 14.4 Å². The number of aromatic nitrogens is 1. The summed E-state index contributed by atoms with van der Waals surface area (Å²) in [5.41, 5.74) is 13.1. The van der Waals surface area contributed by atoms with Crippen LogP contribution in [0.15, 0.2) is 40.8 Å². The standard InChI is InChI=1S/C29H35N5O4S/c1-17-11-16-22(38-17)25(28(36)32-20-9-5-6-10-20)34(29(37)26-23(30)24(27(31)35)33-39-26)21-14-12-19(13-15-21)18-7-3-2-4-8-18/h11-16,18,20,25H,2-10,30H2,1H3,(H2,31,35)(H,32,36). The van der Waals surface area contributed by atoms with Gasteiger partial charge in [-0.1, -0.05) is 44.2 Å². The number of amides is 3. The molecular formula is C29H35N5O4S. The maximum Gasteiger partial charge on any atom is 0.273 e. The second-order valence-electron chi connectivity index (χ2n) is 10.6. The summed E-state index contributed by atoms with van der Waals surface area (Å²) in [7, 11) is 0. The van der Waals surface area contributed by atoms with Gasteiger partial charge in [-0.15, -0.1) is 0 Å². The molecule has 10 heteroatoms. The summed E-state index contributed by atoms with van der Waals surface area (Å²) in [6.07, 6.45) is 9.87. The molecule has 2 aliphatic rings. The molecule has 39 heavy (non-hydrogen) atoms. The Hall–Kier alpha value is -3.66. The Morgan fingerprint density at radius 2 is 1.67 bits per heavy atom. The van der Waals surface area contributed by atoms with Gasteiger partial charge >= 0.3 is 0 Å². The van der Waals surface area contributed by atoms with Crippen LogP contribution in [0.3, 0.4) is 0 Å². The van der Waals surface area contributed by atoms with Gasteiger partial charge in [0.05, 0.1) is 5.69 Å². The van der Waals surface area contributed by atoms with Crippen molar-refractivity contribution in [2.75, 3.05) is 10.6 Å². The minimum absolute atomic E-state index is 0.0385. The van der Waals surface area contributed by atoms with Crippen molar-refractivity contribution in [1.29, 1.82) is 0 Å². The molecule has 5 N–H and O–H groups in total. The van der Waals surface area contributed by atoms with Crippen LogP contribution in [0.2, 0.25) is 0 Å². The number of nitrogens with zero attached hydrogens (tertiary/aromatic N) is 2. The van der Waals surface area contributed by atoms with E-state index in [4.69, 9.17) is 15.9 Å².